The fourth-order valence-electron chi connectivity index (χ4n) is 1.84. The Morgan fingerprint density at radius 1 is 1.21 bits per heavy atom. The summed E-state index contributed by atoms with van der Waals surface area (Å²) in [6.45, 7) is 3.73. The van der Waals surface area contributed by atoms with Crippen LogP contribution in [0.3, 0.4) is 0 Å². The predicted molar refractivity (Wildman–Crippen MR) is 74.7 cm³/mol. The van der Waals surface area contributed by atoms with Gasteiger partial charge >= 0.3 is 0 Å². The fourth-order valence-corrected chi connectivity index (χ4v) is 1.84. The summed E-state index contributed by atoms with van der Waals surface area (Å²) < 4.78 is 0. The molecule has 1 aromatic carbocycles. The second kappa shape index (κ2) is 5.48. The van der Waals surface area contributed by atoms with Crippen molar-refractivity contribution in [1.82, 2.24) is 9.97 Å². The highest BCUT2D eigenvalue weighted by molar-refractivity contribution is 5.90. The number of hydrogen-bond donors (Lipinski definition) is 2. The summed E-state index contributed by atoms with van der Waals surface area (Å²) in [5, 5.41) is 2.69. The van der Waals surface area contributed by atoms with Crippen LogP contribution in [-0.4, -0.2) is 15.9 Å². The van der Waals surface area contributed by atoms with Crippen LogP contribution in [-0.2, 0) is 11.2 Å². The molecule has 3 N–H and O–H groups in total. The number of benzene rings is 1. The molecule has 5 heteroatoms. The van der Waals surface area contributed by atoms with Gasteiger partial charge in [0, 0.05) is 17.1 Å². The van der Waals surface area contributed by atoms with Crippen molar-refractivity contribution in [3.05, 3.63) is 47.3 Å². The summed E-state index contributed by atoms with van der Waals surface area (Å²) in [5.74, 6) is 0.182. The summed E-state index contributed by atoms with van der Waals surface area (Å²) in [6, 6.07) is 9.10. The molecule has 0 atom stereocenters. The van der Waals surface area contributed by atoms with Crippen LogP contribution in [0.4, 0.5) is 11.6 Å². The van der Waals surface area contributed by atoms with Crippen LogP contribution in [0.1, 0.15) is 17.0 Å². The standard InChI is InChI=1S/C14H16N4O/c1-9-6-10(2)17-14(16-9)18-13(19)8-11-4-3-5-12(15)7-11/h3-7H,8,15H2,1-2H3,(H,16,17,18,19). The van der Waals surface area contributed by atoms with Crippen molar-refractivity contribution in [3.8, 4) is 0 Å². The minimum Gasteiger partial charge on any atom is -0.399 e. The monoisotopic (exact) mass is 256 g/mol. The zero-order valence-electron chi connectivity index (χ0n) is 11.0. The summed E-state index contributed by atoms with van der Waals surface area (Å²) in [6.07, 6.45) is 0.251. The molecule has 0 aliphatic carbocycles. The van der Waals surface area contributed by atoms with Gasteiger partial charge in [0.2, 0.25) is 11.9 Å². The van der Waals surface area contributed by atoms with Gasteiger partial charge in [-0.3, -0.25) is 10.1 Å². The molecule has 19 heavy (non-hydrogen) atoms. The molecule has 0 aliphatic heterocycles. The first-order valence-electron chi connectivity index (χ1n) is 5.99. The Kier molecular flexibility index (Phi) is 3.75. The molecule has 2 rings (SSSR count). The quantitative estimate of drug-likeness (QED) is 0.821. The predicted octanol–water partition coefficient (Wildman–Crippen LogP) is 1.86. The van der Waals surface area contributed by atoms with Crippen molar-refractivity contribution in [2.24, 2.45) is 0 Å². The molecule has 0 saturated carbocycles. The molecular weight excluding hydrogens is 240 g/mol. The van der Waals surface area contributed by atoms with Gasteiger partial charge in [-0.2, -0.15) is 0 Å². The van der Waals surface area contributed by atoms with E-state index in [1.54, 1.807) is 12.1 Å². The average molecular weight is 256 g/mol. The van der Waals surface area contributed by atoms with Crippen LogP contribution in [0.15, 0.2) is 30.3 Å². The van der Waals surface area contributed by atoms with Crippen molar-refractivity contribution >= 4 is 17.5 Å². The number of aromatic nitrogens is 2. The SMILES string of the molecule is Cc1cc(C)nc(NC(=O)Cc2cccc(N)c2)n1. The van der Waals surface area contributed by atoms with Crippen molar-refractivity contribution < 1.29 is 4.79 Å². The fraction of sp³-hybridized carbons (Fsp3) is 0.214. The van der Waals surface area contributed by atoms with Crippen molar-refractivity contribution in [1.29, 1.82) is 0 Å². The Morgan fingerprint density at radius 2 is 1.89 bits per heavy atom. The van der Waals surface area contributed by atoms with E-state index in [4.69, 9.17) is 5.73 Å². The Labute approximate surface area is 111 Å². The summed E-state index contributed by atoms with van der Waals surface area (Å²) in [5.41, 5.74) is 8.83. The number of anilines is 2. The van der Waals surface area contributed by atoms with Gasteiger partial charge in [-0.05, 0) is 37.6 Å². The average Bonchev–Trinajstić information content (AvgIpc) is 2.26. The molecule has 1 aromatic heterocycles. The Balaban J connectivity index is 2.05. The highest BCUT2D eigenvalue weighted by atomic mass is 16.1. The lowest BCUT2D eigenvalue weighted by atomic mass is 10.1. The number of carbonyl (C=O) groups excluding carboxylic acids is 1. The number of nitrogens with one attached hydrogen (secondary N) is 1. The molecule has 5 nitrogen and oxygen atoms in total. The van der Waals surface area contributed by atoms with Gasteiger partial charge in [0.25, 0.3) is 0 Å². The molecule has 1 heterocycles. The van der Waals surface area contributed by atoms with Crippen LogP contribution < -0.4 is 11.1 Å². The first-order valence-corrected chi connectivity index (χ1v) is 5.99. The maximum Gasteiger partial charge on any atom is 0.231 e. The van der Waals surface area contributed by atoms with Crippen molar-refractivity contribution in [2.75, 3.05) is 11.1 Å². The molecule has 1 amide bonds. The van der Waals surface area contributed by atoms with Gasteiger partial charge in [-0.1, -0.05) is 12.1 Å². The number of rotatable bonds is 3. The lowest BCUT2D eigenvalue weighted by Gasteiger charge is -2.06. The van der Waals surface area contributed by atoms with Gasteiger partial charge in [0.15, 0.2) is 0 Å². The Morgan fingerprint density at radius 3 is 2.53 bits per heavy atom. The summed E-state index contributed by atoms with van der Waals surface area (Å²) in [7, 11) is 0. The molecule has 0 fully saturated rings. The van der Waals surface area contributed by atoms with E-state index in [2.05, 4.69) is 15.3 Å². The van der Waals surface area contributed by atoms with Gasteiger partial charge in [-0.15, -0.1) is 0 Å². The molecule has 0 saturated heterocycles. The zero-order chi connectivity index (χ0) is 13.8. The van der Waals surface area contributed by atoms with E-state index >= 15 is 0 Å². The number of nitrogen functional groups attached to an aromatic ring is 1. The van der Waals surface area contributed by atoms with Crippen LogP contribution in [0, 0.1) is 13.8 Å². The summed E-state index contributed by atoms with van der Waals surface area (Å²) in [4.78, 5) is 20.2. The number of hydrogen-bond acceptors (Lipinski definition) is 4. The van der Waals surface area contributed by atoms with Gasteiger partial charge < -0.3 is 5.73 Å². The minimum atomic E-state index is -0.157. The zero-order valence-corrected chi connectivity index (χ0v) is 11.0. The molecule has 98 valence electrons. The highest BCUT2D eigenvalue weighted by Gasteiger charge is 2.07. The topological polar surface area (TPSA) is 80.9 Å². The lowest BCUT2D eigenvalue weighted by molar-refractivity contribution is -0.115. The smallest absolute Gasteiger partial charge is 0.231 e. The lowest BCUT2D eigenvalue weighted by Crippen LogP contribution is -2.17. The van der Waals surface area contributed by atoms with Gasteiger partial charge in [0.05, 0.1) is 6.42 Å². The third-order valence-electron chi connectivity index (χ3n) is 2.55. The van der Waals surface area contributed by atoms with E-state index in [0.717, 1.165) is 17.0 Å². The van der Waals surface area contributed by atoms with E-state index in [0.29, 0.717) is 11.6 Å². The van der Waals surface area contributed by atoms with Crippen LogP contribution in [0.2, 0.25) is 0 Å². The molecule has 0 aliphatic rings. The maximum atomic E-state index is 11.9. The molecule has 0 bridgehead atoms. The largest absolute Gasteiger partial charge is 0.399 e. The van der Waals surface area contributed by atoms with E-state index in [-0.39, 0.29) is 12.3 Å². The van der Waals surface area contributed by atoms with Gasteiger partial charge in [0.1, 0.15) is 0 Å². The van der Waals surface area contributed by atoms with Crippen LogP contribution in [0.5, 0.6) is 0 Å². The van der Waals surface area contributed by atoms with E-state index in [9.17, 15) is 4.79 Å². The first-order chi connectivity index (χ1) is 9.02. The van der Waals surface area contributed by atoms with Crippen LogP contribution >= 0.6 is 0 Å². The van der Waals surface area contributed by atoms with Crippen LogP contribution in [0.25, 0.3) is 0 Å². The number of nitrogens with zero attached hydrogens (tertiary/aromatic N) is 2. The van der Waals surface area contributed by atoms with E-state index < -0.39 is 0 Å². The van der Waals surface area contributed by atoms with Crippen molar-refractivity contribution in [2.45, 2.75) is 20.3 Å². The molecule has 0 radical (unpaired) electrons. The number of aryl methyl sites for hydroxylation is 2. The number of carbonyl (C=O) groups is 1. The normalized spacial score (nSPS) is 10.2. The summed E-state index contributed by atoms with van der Waals surface area (Å²) >= 11 is 0. The number of nitrogens with two attached hydrogens (primary N) is 1. The third kappa shape index (κ3) is 3.77. The van der Waals surface area contributed by atoms with E-state index in [1.807, 2.05) is 32.0 Å². The first kappa shape index (κ1) is 13.0. The minimum absolute atomic E-state index is 0.157. The van der Waals surface area contributed by atoms with Crippen molar-refractivity contribution in [3.63, 3.8) is 0 Å². The van der Waals surface area contributed by atoms with E-state index in [1.165, 1.54) is 0 Å². The Bertz CT molecular complexity index is 590. The molecule has 2 aromatic rings. The molecule has 0 unspecified atom stereocenters. The molecule has 0 spiro atoms. The molecular formula is C14H16N4O. The third-order valence-corrected chi connectivity index (χ3v) is 2.55. The maximum absolute atomic E-state index is 11.9. The highest BCUT2D eigenvalue weighted by Crippen LogP contribution is 2.09. The Hall–Kier alpha value is -2.43. The van der Waals surface area contributed by atoms with Gasteiger partial charge in [-0.25, -0.2) is 9.97 Å². The second-order valence-corrected chi connectivity index (χ2v) is 4.44. The second-order valence-electron chi connectivity index (χ2n) is 4.44. The number of amides is 1.